The first-order chi connectivity index (χ1) is 12.6. The van der Waals surface area contributed by atoms with E-state index < -0.39 is 0 Å². The fraction of sp³-hybridized carbons (Fsp3) is 0.143. The molecule has 2 heterocycles. The second kappa shape index (κ2) is 6.59. The highest BCUT2D eigenvalue weighted by molar-refractivity contribution is 5.93. The van der Waals surface area contributed by atoms with Gasteiger partial charge in [-0.05, 0) is 48.4 Å². The molecule has 4 nitrogen and oxygen atoms in total. The molecule has 26 heavy (non-hydrogen) atoms. The molecule has 2 aromatic heterocycles. The lowest BCUT2D eigenvalue weighted by atomic mass is 10.1. The van der Waals surface area contributed by atoms with Crippen molar-refractivity contribution in [3.8, 4) is 11.4 Å². The minimum Gasteiger partial charge on any atom is -0.361 e. The van der Waals surface area contributed by atoms with E-state index in [0.717, 1.165) is 33.5 Å². The van der Waals surface area contributed by atoms with Gasteiger partial charge in [0.15, 0.2) is 5.82 Å². The van der Waals surface area contributed by atoms with Gasteiger partial charge in [0.1, 0.15) is 11.6 Å². The van der Waals surface area contributed by atoms with Crippen LogP contribution < -0.4 is 5.32 Å². The van der Waals surface area contributed by atoms with E-state index in [1.165, 1.54) is 12.1 Å². The summed E-state index contributed by atoms with van der Waals surface area (Å²) in [6.45, 7) is 4.22. The van der Waals surface area contributed by atoms with Gasteiger partial charge in [0.25, 0.3) is 0 Å². The summed E-state index contributed by atoms with van der Waals surface area (Å²) in [4.78, 5) is 12.4. The van der Waals surface area contributed by atoms with Crippen LogP contribution in [-0.4, -0.2) is 15.0 Å². The highest BCUT2D eigenvalue weighted by Crippen LogP contribution is 2.30. The molecule has 0 saturated heterocycles. The number of anilines is 2. The number of hydrogen-bond acceptors (Lipinski definition) is 3. The Morgan fingerprint density at radius 1 is 1.04 bits per heavy atom. The zero-order chi connectivity index (χ0) is 18.1. The molecule has 0 bridgehead atoms. The molecule has 5 heteroatoms. The van der Waals surface area contributed by atoms with Crippen molar-refractivity contribution in [1.29, 1.82) is 0 Å². The van der Waals surface area contributed by atoms with Crippen LogP contribution in [0.15, 0.2) is 60.9 Å². The number of hydrogen-bond donors (Lipinski definition) is 2. The Morgan fingerprint density at radius 2 is 1.85 bits per heavy atom. The van der Waals surface area contributed by atoms with Crippen LogP contribution in [0.1, 0.15) is 25.3 Å². The summed E-state index contributed by atoms with van der Waals surface area (Å²) in [6.07, 6.45) is 3.76. The predicted molar refractivity (Wildman–Crippen MR) is 103 cm³/mol. The van der Waals surface area contributed by atoms with Gasteiger partial charge < -0.3 is 10.3 Å². The maximum Gasteiger partial charge on any atom is 0.161 e. The van der Waals surface area contributed by atoms with Gasteiger partial charge in [-0.1, -0.05) is 19.9 Å². The molecule has 0 aliphatic rings. The molecule has 2 aromatic carbocycles. The van der Waals surface area contributed by atoms with E-state index >= 15 is 0 Å². The summed E-state index contributed by atoms with van der Waals surface area (Å²) in [5.41, 5.74) is 3.86. The fourth-order valence-electron chi connectivity index (χ4n) is 2.97. The SMILES string of the molecule is CC(C)c1cnc(-c2ccc(F)cc2)nc1Nc1cccc2[nH]ccc12. The Hall–Kier alpha value is -3.21. The molecule has 0 radical (unpaired) electrons. The van der Waals surface area contributed by atoms with E-state index in [1.807, 2.05) is 36.7 Å². The monoisotopic (exact) mass is 346 g/mol. The van der Waals surface area contributed by atoms with E-state index in [-0.39, 0.29) is 11.7 Å². The van der Waals surface area contributed by atoms with Gasteiger partial charge in [0, 0.05) is 40.1 Å². The van der Waals surface area contributed by atoms with Gasteiger partial charge >= 0.3 is 0 Å². The Kier molecular flexibility index (Phi) is 4.13. The molecule has 130 valence electrons. The summed E-state index contributed by atoms with van der Waals surface area (Å²) in [7, 11) is 0. The number of nitrogens with zero attached hydrogens (tertiary/aromatic N) is 2. The predicted octanol–water partition coefficient (Wildman–Crippen LogP) is 5.63. The number of H-pyrrole nitrogens is 1. The quantitative estimate of drug-likeness (QED) is 0.503. The normalized spacial score (nSPS) is 11.2. The third kappa shape index (κ3) is 3.04. The fourth-order valence-corrected chi connectivity index (χ4v) is 2.97. The average Bonchev–Trinajstić information content (AvgIpc) is 3.12. The number of halogens is 1. The number of fused-ring (bicyclic) bond motifs is 1. The van der Waals surface area contributed by atoms with Crippen LogP contribution in [0.3, 0.4) is 0 Å². The van der Waals surface area contributed by atoms with Gasteiger partial charge in [-0.25, -0.2) is 14.4 Å². The van der Waals surface area contributed by atoms with E-state index in [1.54, 1.807) is 12.1 Å². The molecule has 0 amide bonds. The molecule has 0 fully saturated rings. The first kappa shape index (κ1) is 16.3. The number of aromatic amines is 1. The summed E-state index contributed by atoms with van der Waals surface area (Å²) in [5.74, 6) is 1.33. The van der Waals surface area contributed by atoms with Crippen LogP contribution >= 0.6 is 0 Å². The summed E-state index contributed by atoms with van der Waals surface area (Å²) in [5, 5.41) is 4.56. The maximum atomic E-state index is 13.2. The Labute approximate surface area is 151 Å². The second-order valence-electron chi connectivity index (χ2n) is 6.53. The number of rotatable bonds is 4. The van der Waals surface area contributed by atoms with Crippen molar-refractivity contribution >= 4 is 22.4 Å². The lowest BCUT2D eigenvalue weighted by Gasteiger charge is -2.15. The van der Waals surface area contributed by atoms with Crippen LogP contribution in [0.2, 0.25) is 0 Å². The molecule has 0 aliphatic carbocycles. The first-order valence-corrected chi connectivity index (χ1v) is 8.58. The van der Waals surface area contributed by atoms with Crippen LogP contribution in [-0.2, 0) is 0 Å². The summed E-state index contributed by atoms with van der Waals surface area (Å²) >= 11 is 0. The maximum absolute atomic E-state index is 13.2. The van der Waals surface area contributed by atoms with Crippen molar-refractivity contribution in [2.75, 3.05) is 5.32 Å². The lowest BCUT2D eigenvalue weighted by molar-refractivity contribution is 0.628. The molecule has 4 aromatic rings. The van der Waals surface area contributed by atoms with E-state index in [9.17, 15) is 4.39 Å². The molecule has 0 atom stereocenters. The Balaban J connectivity index is 1.79. The van der Waals surface area contributed by atoms with Gasteiger partial charge in [-0.2, -0.15) is 0 Å². The van der Waals surface area contributed by atoms with Gasteiger partial charge in [-0.15, -0.1) is 0 Å². The molecular weight excluding hydrogens is 327 g/mol. The Morgan fingerprint density at radius 3 is 2.62 bits per heavy atom. The third-order valence-electron chi connectivity index (χ3n) is 4.39. The molecule has 4 rings (SSSR count). The Bertz CT molecular complexity index is 1050. The van der Waals surface area contributed by atoms with Gasteiger partial charge in [-0.3, -0.25) is 0 Å². The first-order valence-electron chi connectivity index (χ1n) is 8.58. The number of nitrogens with one attached hydrogen (secondary N) is 2. The molecule has 0 saturated carbocycles. The van der Waals surface area contributed by atoms with Crippen molar-refractivity contribution in [3.63, 3.8) is 0 Å². The number of benzene rings is 2. The largest absolute Gasteiger partial charge is 0.361 e. The summed E-state index contributed by atoms with van der Waals surface area (Å²) < 4.78 is 13.2. The standard InChI is InChI=1S/C21H19FN4/c1-13(2)17-12-24-20(14-6-8-15(22)9-7-14)26-21(17)25-19-5-3-4-18-16(19)10-11-23-18/h3-13,23H,1-2H3,(H,24,25,26). The smallest absolute Gasteiger partial charge is 0.161 e. The van der Waals surface area contributed by atoms with Crippen molar-refractivity contribution in [1.82, 2.24) is 15.0 Å². The molecular formula is C21H19FN4. The minimum absolute atomic E-state index is 0.269. The van der Waals surface area contributed by atoms with Gasteiger partial charge in [0.05, 0.1) is 0 Å². The topological polar surface area (TPSA) is 53.6 Å². The molecule has 0 spiro atoms. The average molecular weight is 346 g/mol. The van der Waals surface area contributed by atoms with Crippen molar-refractivity contribution in [2.24, 2.45) is 0 Å². The van der Waals surface area contributed by atoms with Crippen molar-refractivity contribution in [2.45, 2.75) is 19.8 Å². The molecule has 0 unspecified atom stereocenters. The van der Waals surface area contributed by atoms with E-state index in [2.05, 4.69) is 29.1 Å². The van der Waals surface area contributed by atoms with Crippen LogP contribution in [0.4, 0.5) is 15.9 Å². The van der Waals surface area contributed by atoms with Crippen LogP contribution in [0, 0.1) is 5.82 Å². The van der Waals surface area contributed by atoms with Crippen LogP contribution in [0.5, 0.6) is 0 Å². The number of aromatic nitrogens is 3. The zero-order valence-corrected chi connectivity index (χ0v) is 14.6. The highest BCUT2D eigenvalue weighted by Gasteiger charge is 2.13. The molecule has 0 aliphatic heterocycles. The van der Waals surface area contributed by atoms with Crippen molar-refractivity contribution < 1.29 is 4.39 Å². The highest BCUT2D eigenvalue weighted by atomic mass is 19.1. The zero-order valence-electron chi connectivity index (χ0n) is 14.6. The lowest BCUT2D eigenvalue weighted by Crippen LogP contribution is -2.04. The minimum atomic E-state index is -0.273. The second-order valence-corrected chi connectivity index (χ2v) is 6.53. The van der Waals surface area contributed by atoms with E-state index in [0.29, 0.717) is 5.82 Å². The summed E-state index contributed by atoms with van der Waals surface area (Å²) in [6, 6.07) is 14.3. The van der Waals surface area contributed by atoms with Crippen molar-refractivity contribution in [3.05, 3.63) is 72.3 Å². The van der Waals surface area contributed by atoms with Gasteiger partial charge in [0.2, 0.25) is 0 Å². The van der Waals surface area contributed by atoms with E-state index in [4.69, 9.17) is 4.98 Å². The third-order valence-corrected chi connectivity index (χ3v) is 4.39. The van der Waals surface area contributed by atoms with Crippen LogP contribution in [0.25, 0.3) is 22.3 Å². The molecule has 2 N–H and O–H groups in total.